The summed E-state index contributed by atoms with van der Waals surface area (Å²) in [6, 6.07) is 5.40. The Morgan fingerprint density at radius 3 is 2.36 bits per heavy atom. The number of carbonyl (C=O) groups is 1. The van der Waals surface area contributed by atoms with Gasteiger partial charge in [-0.2, -0.15) is 0 Å². The highest BCUT2D eigenvalue weighted by Crippen LogP contribution is 2.34. The molecule has 1 aromatic rings. The summed E-state index contributed by atoms with van der Waals surface area (Å²) in [6.07, 6.45) is 0.705. The summed E-state index contributed by atoms with van der Waals surface area (Å²) in [7, 11) is -2.87. The van der Waals surface area contributed by atoms with E-state index in [9.17, 15) is 13.2 Å². The lowest BCUT2D eigenvalue weighted by atomic mass is 10.2. The van der Waals surface area contributed by atoms with Crippen molar-refractivity contribution in [2.24, 2.45) is 0 Å². The average Bonchev–Trinajstić information content (AvgIpc) is 2.94. The first-order valence-corrected chi connectivity index (χ1v) is 11.7. The fourth-order valence-corrected chi connectivity index (χ4v) is 6.59. The van der Waals surface area contributed by atoms with Gasteiger partial charge in [0.1, 0.15) is 0 Å². The van der Waals surface area contributed by atoms with Crippen molar-refractivity contribution in [2.45, 2.75) is 17.4 Å². The average molecular weight is 423 g/mol. The van der Waals surface area contributed by atoms with Gasteiger partial charge in [-0.05, 0) is 18.6 Å². The van der Waals surface area contributed by atoms with Gasteiger partial charge in [-0.25, -0.2) is 8.42 Å². The summed E-state index contributed by atoms with van der Waals surface area (Å²) in [5.41, 5.74) is 0. The summed E-state index contributed by atoms with van der Waals surface area (Å²) >= 11 is 13.6. The maximum Gasteiger partial charge on any atom is 0.233 e. The molecule has 25 heavy (non-hydrogen) atoms. The Morgan fingerprint density at radius 1 is 1.16 bits per heavy atom. The van der Waals surface area contributed by atoms with Crippen molar-refractivity contribution in [3.8, 4) is 0 Å². The lowest BCUT2D eigenvalue weighted by Gasteiger charge is -2.37. The van der Waals surface area contributed by atoms with Crippen LogP contribution in [0.15, 0.2) is 23.1 Å². The monoisotopic (exact) mass is 422 g/mol. The molecule has 0 saturated carbocycles. The first kappa shape index (κ1) is 19.3. The van der Waals surface area contributed by atoms with E-state index in [1.165, 1.54) is 11.8 Å². The van der Waals surface area contributed by atoms with Crippen LogP contribution in [0.25, 0.3) is 0 Å². The molecule has 2 saturated heterocycles. The number of benzene rings is 1. The second-order valence-corrected chi connectivity index (χ2v) is 10.3. The molecule has 0 spiro atoms. The third-order valence-electron chi connectivity index (χ3n) is 4.65. The minimum atomic E-state index is -2.87. The fourth-order valence-electron chi connectivity index (χ4n) is 3.25. The molecule has 1 amide bonds. The molecule has 2 heterocycles. The topological polar surface area (TPSA) is 57.7 Å². The molecule has 0 aromatic heterocycles. The summed E-state index contributed by atoms with van der Waals surface area (Å²) in [5.74, 6) is 0.884. The molecule has 0 bridgehead atoms. The van der Waals surface area contributed by atoms with Crippen molar-refractivity contribution < 1.29 is 13.2 Å². The fraction of sp³-hybridized carbons (Fsp3) is 0.562. The molecular formula is C16H20Cl2N2O3S2. The van der Waals surface area contributed by atoms with Crippen LogP contribution in [0.3, 0.4) is 0 Å². The number of sulfone groups is 1. The minimum Gasteiger partial charge on any atom is -0.339 e. The first-order chi connectivity index (χ1) is 11.9. The van der Waals surface area contributed by atoms with Gasteiger partial charge in [0.05, 0.1) is 27.3 Å². The molecule has 0 radical (unpaired) electrons. The predicted molar refractivity (Wildman–Crippen MR) is 102 cm³/mol. The second kappa shape index (κ2) is 8.05. The number of hydrogen-bond donors (Lipinski definition) is 0. The molecule has 2 aliphatic rings. The summed E-state index contributed by atoms with van der Waals surface area (Å²) < 4.78 is 23.2. The smallest absolute Gasteiger partial charge is 0.233 e. The second-order valence-electron chi connectivity index (χ2n) is 6.31. The van der Waals surface area contributed by atoms with E-state index in [-0.39, 0.29) is 23.5 Å². The van der Waals surface area contributed by atoms with Crippen LogP contribution in [0.5, 0.6) is 0 Å². The van der Waals surface area contributed by atoms with E-state index >= 15 is 0 Å². The van der Waals surface area contributed by atoms with Crippen LogP contribution in [0.2, 0.25) is 10.0 Å². The van der Waals surface area contributed by atoms with Crippen molar-refractivity contribution in [1.29, 1.82) is 0 Å². The standard InChI is InChI=1S/C16H20Cl2N2O3S2/c17-13-2-1-3-14(18)16(13)24-10-15(21)20-7-5-19(6-8-20)12-4-9-25(22,23)11-12/h1-3,12H,4-11H2. The molecule has 1 atom stereocenters. The van der Waals surface area contributed by atoms with Crippen molar-refractivity contribution in [1.82, 2.24) is 9.80 Å². The van der Waals surface area contributed by atoms with E-state index in [1.807, 2.05) is 4.90 Å². The number of amides is 1. The van der Waals surface area contributed by atoms with E-state index in [0.29, 0.717) is 35.3 Å². The Kier molecular flexibility index (Phi) is 6.21. The van der Waals surface area contributed by atoms with Crippen molar-refractivity contribution in [2.75, 3.05) is 43.4 Å². The Bertz CT molecular complexity index is 729. The van der Waals surface area contributed by atoms with Gasteiger partial charge in [0.25, 0.3) is 0 Å². The Morgan fingerprint density at radius 2 is 1.80 bits per heavy atom. The molecule has 2 aliphatic heterocycles. The number of piperazine rings is 1. The molecule has 9 heteroatoms. The zero-order chi connectivity index (χ0) is 18.0. The van der Waals surface area contributed by atoms with Gasteiger partial charge >= 0.3 is 0 Å². The number of rotatable bonds is 4. The van der Waals surface area contributed by atoms with Crippen LogP contribution >= 0.6 is 35.0 Å². The van der Waals surface area contributed by atoms with Crippen molar-refractivity contribution in [3.63, 3.8) is 0 Å². The van der Waals surface area contributed by atoms with Crippen LogP contribution in [-0.4, -0.2) is 73.6 Å². The number of halogens is 2. The van der Waals surface area contributed by atoms with E-state index in [0.717, 1.165) is 18.0 Å². The maximum atomic E-state index is 12.4. The molecule has 3 rings (SSSR count). The zero-order valence-electron chi connectivity index (χ0n) is 13.7. The van der Waals surface area contributed by atoms with Gasteiger partial charge in [-0.1, -0.05) is 29.3 Å². The molecule has 1 unspecified atom stereocenters. The van der Waals surface area contributed by atoms with Gasteiger partial charge in [0.2, 0.25) is 5.91 Å². The Balaban J connectivity index is 1.49. The highest BCUT2D eigenvalue weighted by molar-refractivity contribution is 8.00. The lowest BCUT2D eigenvalue weighted by Crippen LogP contribution is -2.52. The Labute approximate surface area is 162 Å². The van der Waals surface area contributed by atoms with Crippen LogP contribution in [-0.2, 0) is 14.6 Å². The number of carbonyl (C=O) groups excluding carboxylic acids is 1. The maximum absolute atomic E-state index is 12.4. The van der Waals surface area contributed by atoms with Gasteiger partial charge in [0, 0.05) is 37.1 Å². The van der Waals surface area contributed by atoms with Gasteiger partial charge in [0.15, 0.2) is 9.84 Å². The molecular weight excluding hydrogens is 403 g/mol. The first-order valence-electron chi connectivity index (χ1n) is 8.15. The van der Waals surface area contributed by atoms with E-state index in [1.54, 1.807) is 18.2 Å². The lowest BCUT2D eigenvalue weighted by molar-refractivity contribution is -0.130. The zero-order valence-corrected chi connectivity index (χ0v) is 16.8. The molecule has 1 aromatic carbocycles. The molecule has 0 aliphatic carbocycles. The van der Waals surface area contributed by atoms with Gasteiger partial charge in [-0.3, -0.25) is 9.69 Å². The van der Waals surface area contributed by atoms with Gasteiger partial charge in [-0.15, -0.1) is 11.8 Å². The minimum absolute atomic E-state index is 0.0553. The van der Waals surface area contributed by atoms with Crippen molar-refractivity contribution in [3.05, 3.63) is 28.2 Å². The SMILES string of the molecule is O=C(CSc1c(Cl)cccc1Cl)N1CCN(C2CCS(=O)(=O)C2)CC1. The highest BCUT2D eigenvalue weighted by Gasteiger charge is 2.34. The van der Waals surface area contributed by atoms with Crippen LogP contribution < -0.4 is 0 Å². The summed E-state index contributed by atoms with van der Waals surface area (Å²) in [6.45, 7) is 2.71. The Hall–Kier alpha value is -0.470. The van der Waals surface area contributed by atoms with Crippen LogP contribution in [0, 0.1) is 0 Å². The van der Waals surface area contributed by atoms with E-state index < -0.39 is 9.84 Å². The third kappa shape index (κ3) is 4.83. The van der Waals surface area contributed by atoms with E-state index in [4.69, 9.17) is 23.2 Å². The molecule has 2 fully saturated rings. The largest absolute Gasteiger partial charge is 0.339 e. The normalized spacial score (nSPS) is 23.8. The summed E-state index contributed by atoms with van der Waals surface area (Å²) in [4.78, 5) is 17.2. The number of thioether (sulfide) groups is 1. The summed E-state index contributed by atoms with van der Waals surface area (Å²) in [5, 5.41) is 1.11. The van der Waals surface area contributed by atoms with E-state index in [2.05, 4.69) is 4.90 Å². The number of hydrogen-bond acceptors (Lipinski definition) is 5. The molecule has 0 N–H and O–H groups in total. The van der Waals surface area contributed by atoms with Gasteiger partial charge < -0.3 is 4.90 Å². The van der Waals surface area contributed by atoms with Crippen LogP contribution in [0.4, 0.5) is 0 Å². The highest BCUT2D eigenvalue weighted by atomic mass is 35.5. The third-order valence-corrected chi connectivity index (χ3v) is 8.37. The quantitative estimate of drug-likeness (QED) is 0.697. The van der Waals surface area contributed by atoms with Crippen molar-refractivity contribution >= 4 is 50.7 Å². The molecule has 138 valence electrons. The van der Waals surface area contributed by atoms with Crippen LogP contribution in [0.1, 0.15) is 6.42 Å². The predicted octanol–water partition coefficient (Wildman–Crippen LogP) is 2.42. The number of nitrogens with zero attached hydrogens (tertiary/aromatic N) is 2. The molecule has 5 nitrogen and oxygen atoms in total.